The summed E-state index contributed by atoms with van der Waals surface area (Å²) in [6.45, 7) is 7.00. The zero-order chi connectivity index (χ0) is 13.9. The summed E-state index contributed by atoms with van der Waals surface area (Å²) in [4.78, 5) is 6.79. The molecule has 1 aromatic heterocycles. The van der Waals surface area contributed by atoms with Crippen LogP contribution in [0.2, 0.25) is 0 Å². The second-order valence-corrected chi connectivity index (χ2v) is 5.45. The molecule has 4 nitrogen and oxygen atoms in total. The third-order valence-electron chi connectivity index (χ3n) is 3.67. The maximum absolute atomic E-state index is 5.68. The Morgan fingerprint density at radius 3 is 3.10 bits per heavy atom. The van der Waals surface area contributed by atoms with Gasteiger partial charge in [0.05, 0.1) is 5.69 Å². The number of para-hydroxylation sites is 1. The van der Waals surface area contributed by atoms with E-state index in [2.05, 4.69) is 53.3 Å². The van der Waals surface area contributed by atoms with Gasteiger partial charge in [0.2, 0.25) is 0 Å². The summed E-state index contributed by atoms with van der Waals surface area (Å²) in [6, 6.07) is 9.22. The second-order valence-electron chi connectivity index (χ2n) is 5.45. The lowest BCUT2D eigenvalue weighted by Crippen LogP contribution is -2.30. The van der Waals surface area contributed by atoms with Crippen molar-refractivity contribution < 1.29 is 4.42 Å². The van der Waals surface area contributed by atoms with Gasteiger partial charge in [-0.2, -0.15) is 4.98 Å². The molecule has 1 aliphatic heterocycles. The third-order valence-corrected chi connectivity index (χ3v) is 3.67. The van der Waals surface area contributed by atoms with Crippen LogP contribution in [0.5, 0.6) is 0 Å². The van der Waals surface area contributed by atoms with E-state index in [1.54, 1.807) is 6.26 Å². The van der Waals surface area contributed by atoms with E-state index in [0.29, 0.717) is 11.9 Å². The van der Waals surface area contributed by atoms with Gasteiger partial charge in [0.15, 0.2) is 0 Å². The molecule has 106 valence electrons. The Labute approximate surface area is 119 Å². The van der Waals surface area contributed by atoms with Crippen molar-refractivity contribution in [1.82, 2.24) is 10.3 Å². The largest absolute Gasteiger partial charge is 0.431 e. The monoisotopic (exact) mass is 271 g/mol. The van der Waals surface area contributed by atoms with Crippen LogP contribution in [0.3, 0.4) is 0 Å². The molecule has 1 atom stereocenters. The maximum atomic E-state index is 5.68. The topological polar surface area (TPSA) is 41.3 Å². The fourth-order valence-corrected chi connectivity index (χ4v) is 2.73. The molecule has 1 unspecified atom stereocenters. The van der Waals surface area contributed by atoms with Gasteiger partial charge in [-0.15, -0.1) is 0 Å². The van der Waals surface area contributed by atoms with Crippen molar-refractivity contribution in [3.8, 4) is 0 Å². The number of nitrogens with one attached hydrogen (secondary N) is 1. The number of nitrogens with zero attached hydrogens (tertiary/aromatic N) is 2. The standard InChI is InChI=1S/C16H21N3O/c1-3-17-9-14-11-20-16(18-14)19-10-12(2)8-13-6-4-5-7-15(13)19/h4-7,11-12,17H,3,8-10H2,1-2H3. The molecule has 0 saturated carbocycles. The maximum Gasteiger partial charge on any atom is 0.302 e. The van der Waals surface area contributed by atoms with Crippen LogP contribution in [-0.4, -0.2) is 18.1 Å². The first kappa shape index (κ1) is 13.2. The Morgan fingerprint density at radius 2 is 2.25 bits per heavy atom. The molecule has 1 N–H and O–H groups in total. The van der Waals surface area contributed by atoms with Crippen molar-refractivity contribution in [2.75, 3.05) is 18.0 Å². The van der Waals surface area contributed by atoms with Crippen molar-refractivity contribution in [1.29, 1.82) is 0 Å². The zero-order valence-corrected chi connectivity index (χ0v) is 12.1. The van der Waals surface area contributed by atoms with Crippen LogP contribution in [0.1, 0.15) is 25.1 Å². The van der Waals surface area contributed by atoms with Crippen molar-refractivity contribution in [3.63, 3.8) is 0 Å². The molecule has 2 aromatic rings. The summed E-state index contributed by atoms with van der Waals surface area (Å²) in [7, 11) is 0. The minimum Gasteiger partial charge on any atom is -0.431 e. The Hall–Kier alpha value is -1.81. The molecule has 0 bridgehead atoms. The molecule has 0 saturated heterocycles. The fraction of sp³-hybridized carbons (Fsp3) is 0.438. The van der Waals surface area contributed by atoms with Gasteiger partial charge >= 0.3 is 6.01 Å². The van der Waals surface area contributed by atoms with Gasteiger partial charge in [-0.3, -0.25) is 4.90 Å². The first-order chi connectivity index (χ1) is 9.78. The Bertz CT molecular complexity index is 579. The SMILES string of the molecule is CCNCc1coc(N2CC(C)Cc3ccccc32)n1. The van der Waals surface area contributed by atoms with Crippen LogP contribution in [0.25, 0.3) is 0 Å². The van der Waals surface area contributed by atoms with Crippen LogP contribution in [0.15, 0.2) is 34.9 Å². The lowest BCUT2D eigenvalue weighted by molar-refractivity contribution is 0.503. The Kier molecular flexibility index (Phi) is 3.74. The summed E-state index contributed by atoms with van der Waals surface area (Å²) in [5.41, 5.74) is 3.55. The predicted molar refractivity (Wildman–Crippen MR) is 80.2 cm³/mol. The summed E-state index contributed by atoms with van der Waals surface area (Å²) in [6.07, 6.45) is 2.87. The van der Waals surface area contributed by atoms with Gasteiger partial charge in [0.1, 0.15) is 6.26 Å². The van der Waals surface area contributed by atoms with E-state index in [-0.39, 0.29) is 0 Å². The van der Waals surface area contributed by atoms with E-state index < -0.39 is 0 Å². The van der Waals surface area contributed by atoms with Crippen molar-refractivity contribution >= 4 is 11.7 Å². The van der Waals surface area contributed by atoms with Crippen LogP contribution in [0, 0.1) is 5.92 Å². The van der Waals surface area contributed by atoms with E-state index in [4.69, 9.17) is 4.42 Å². The number of anilines is 2. The highest BCUT2D eigenvalue weighted by Crippen LogP contribution is 2.34. The molecule has 1 aromatic carbocycles. The molecular formula is C16H21N3O. The Morgan fingerprint density at radius 1 is 1.40 bits per heavy atom. The molecule has 0 aliphatic carbocycles. The van der Waals surface area contributed by atoms with Crippen molar-refractivity contribution in [2.24, 2.45) is 5.92 Å². The minimum atomic E-state index is 0.606. The van der Waals surface area contributed by atoms with Gasteiger partial charge in [-0.05, 0) is 30.5 Å². The van der Waals surface area contributed by atoms with Crippen LogP contribution in [-0.2, 0) is 13.0 Å². The molecule has 2 heterocycles. The number of aromatic nitrogens is 1. The zero-order valence-electron chi connectivity index (χ0n) is 12.1. The molecule has 0 radical (unpaired) electrons. The first-order valence-corrected chi connectivity index (χ1v) is 7.28. The number of benzene rings is 1. The quantitative estimate of drug-likeness (QED) is 0.927. The molecule has 1 aliphatic rings. The predicted octanol–water partition coefficient (Wildman–Crippen LogP) is 3.11. The van der Waals surface area contributed by atoms with E-state index in [0.717, 1.165) is 31.7 Å². The summed E-state index contributed by atoms with van der Waals surface area (Å²) >= 11 is 0. The van der Waals surface area contributed by atoms with Crippen LogP contribution in [0.4, 0.5) is 11.7 Å². The molecule has 0 amide bonds. The van der Waals surface area contributed by atoms with Crippen LogP contribution >= 0.6 is 0 Å². The molecular weight excluding hydrogens is 250 g/mol. The molecule has 0 spiro atoms. The van der Waals surface area contributed by atoms with Gasteiger partial charge in [-0.25, -0.2) is 0 Å². The van der Waals surface area contributed by atoms with Gasteiger partial charge in [0, 0.05) is 18.8 Å². The summed E-state index contributed by atoms with van der Waals surface area (Å²) in [5, 5.41) is 3.27. The molecule has 4 heteroatoms. The lowest BCUT2D eigenvalue weighted by atomic mass is 9.94. The number of rotatable bonds is 4. The average Bonchev–Trinajstić information content (AvgIpc) is 2.93. The van der Waals surface area contributed by atoms with E-state index in [1.165, 1.54) is 11.3 Å². The van der Waals surface area contributed by atoms with Gasteiger partial charge in [0.25, 0.3) is 0 Å². The summed E-state index contributed by atoms with van der Waals surface area (Å²) in [5.74, 6) is 0.606. The molecule has 20 heavy (non-hydrogen) atoms. The average molecular weight is 271 g/mol. The first-order valence-electron chi connectivity index (χ1n) is 7.28. The molecule has 3 rings (SSSR count). The van der Waals surface area contributed by atoms with Crippen molar-refractivity contribution in [2.45, 2.75) is 26.8 Å². The molecule has 0 fully saturated rings. The normalized spacial score (nSPS) is 18.1. The Balaban J connectivity index is 1.88. The van der Waals surface area contributed by atoms with E-state index in [9.17, 15) is 0 Å². The number of fused-ring (bicyclic) bond motifs is 1. The summed E-state index contributed by atoms with van der Waals surface area (Å²) < 4.78 is 5.68. The van der Waals surface area contributed by atoms with Gasteiger partial charge < -0.3 is 9.73 Å². The van der Waals surface area contributed by atoms with Crippen LogP contribution < -0.4 is 10.2 Å². The second kappa shape index (κ2) is 5.67. The van der Waals surface area contributed by atoms with E-state index >= 15 is 0 Å². The van der Waals surface area contributed by atoms with E-state index in [1.807, 2.05) is 0 Å². The number of oxazole rings is 1. The number of hydrogen-bond donors (Lipinski definition) is 1. The number of hydrogen-bond acceptors (Lipinski definition) is 4. The van der Waals surface area contributed by atoms with Gasteiger partial charge in [-0.1, -0.05) is 32.0 Å². The third kappa shape index (κ3) is 2.56. The lowest BCUT2D eigenvalue weighted by Gasteiger charge is -2.31. The fourth-order valence-electron chi connectivity index (χ4n) is 2.73. The minimum absolute atomic E-state index is 0.606. The van der Waals surface area contributed by atoms with Crippen molar-refractivity contribution in [3.05, 3.63) is 41.8 Å². The smallest absolute Gasteiger partial charge is 0.302 e. The highest BCUT2D eigenvalue weighted by atomic mass is 16.4. The highest BCUT2D eigenvalue weighted by Gasteiger charge is 2.25. The highest BCUT2D eigenvalue weighted by molar-refractivity contribution is 5.62.